The topological polar surface area (TPSA) is 90.5 Å². The van der Waals surface area contributed by atoms with Gasteiger partial charge in [-0.25, -0.2) is 15.0 Å². The van der Waals surface area contributed by atoms with Crippen molar-refractivity contribution in [2.45, 2.75) is 0 Å². The summed E-state index contributed by atoms with van der Waals surface area (Å²) in [6, 6.07) is 9.40. The lowest BCUT2D eigenvalue weighted by molar-refractivity contribution is 0.615. The molecule has 0 aromatic carbocycles. The highest BCUT2D eigenvalue weighted by molar-refractivity contribution is 7.17. The molecule has 0 aliphatic rings. The first kappa shape index (κ1) is 14.8. The normalized spacial score (nSPS) is 11.1. The van der Waals surface area contributed by atoms with Crippen LogP contribution >= 0.6 is 11.3 Å². The molecule has 0 fully saturated rings. The number of pyridine rings is 2. The molecule has 0 N–H and O–H groups in total. The molecule has 0 spiro atoms. The first-order valence-corrected chi connectivity index (χ1v) is 8.60. The van der Waals surface area contributed by atoms with Crippen LogP contribution in [0.2, 0.25) is 0 Å². The van der Waals surface area contributed by atoms with Crippen LogP contribution in [0.5, 0.6) is 0 Å². The van der Waals surface area contributed by atoms with E-state index >= 15 is 0 Å². The van der Waals surface area contributed by atoms with Gasteiger partial charge >= 0.3 is 0 Å². The molecule has 5 aromatic rings. The minimum atomic E-state index is 0.506. The highest BCUT2D eigenvalue weighted by Gasteiger charge is 2.17. The number of fused-ring (bicyclic) bond motifs is 1. The molecule has 124 valence electrons. The maximum Gasteiger partial charge on any atom is 0.182 e. The van der Waals surface area contributed by atoms with Gasteiger partial charge < -0.3 is 4.42 Å². The minimum absolute atomic E-state index is 0.506. The number of furan rings is 1. The van der Waals surface area contributed by atoms with Crippen molar-refractivity contribution in [1.29, 1.82) is 0 Å². The van der Waals surface area contributed by atoms with Crippen LogP contribution in [0.1, 0.15) is 0 Å². The standard InChI is InChI=1S/C18H10N6OS/c1-3-12(10-19-5-1)17-23-24-18(26-17)13-9-11-4-8-25-15(11)14(22-13)16-20-6-2-7-21-16/h1-10H. The number of aromatic nitrogens is 6. The lowest BCUT2D eigenvalue weighted by atomic mass is 10.2. The van der Waals surface area contributed by atoms with Crippen molar-refractivity contribution in [2.24, 2.45) is 0 Å². The molecule has 0 unspecified atom stereocenters. The van der Waals surface area contributed by atoms with Gasteiger partial charge in [0.15, 0.2) is 22.1 Å². The largest absolute Gasteiger partial charge is 0.462 e. The summed E-state index contributed by atoms with van der Waals surface area (Å²) < 4.78 is 5.59. The zero-order valence-electron chi connectivity index (χ0n) is 13.3. The molecule has 26 heavy (non-hydrogen) atoms. The third-order valence-corrected chi connectivity index (χ3v) is 4.76. The van der Waals surface area contributed by atoms with Gasteiger partial charge in [-0.3, -0.25) is 4.98 Å². The number of nitrogens with zero attached hydrogens (tertiary/aromatic N) is 6. The van der Waals surface area contributed by atoms with E-state index < -0.39 is 0 Å². The van der Waals surface area contributed by atoms with Crippen LogP contribution in [0.15, 0.2) is 65.8 Å². The van der Waals surface area contributed by atoms with Crippen molar-refractivity contribution in [1.82, 2.24) is 30.1 Å². The Balaban J connectivity index is 1.65. The fraction of sp³-hybridized carbons (Fsp3) is 0. The van der Waals surface area contributed by atoms with Gasteiger partial charge in [-0.05, 0) is 30.3 Å². The van der Waals surface area contributed by atoms with Crippen LogP contribution < -0.4 is 0 Å². The van der Waals surface area contributed by atoms with Crippen LogP contribution in [-0.4, -0.2) is 30.1 Å². The lowest BCUT2D eigenvalue weighted by Gasteiger charge is -2.02. The van der Waals surface area contributed by atoms with Crippen molar-refractivity contribution < 1.29 is 4.42 Å². The molecule has 7 nitrogen and oxygen atoms in total. The van der Waals surface area contributed by atoms with E-state index in [4.69, 9.17) is 9.40 Å². The maximum atomic E-state index is 5.59. The van der Waals surface area contributed by atoms with Gasteiger partial charge in [-0.15, -0.1) is 10.2 Å². The predicted octanol–water partition coefficient (Wildman–Crippen LogP) is 3.87. The molecule has 5 heterocycles. The van der Waals surface area contributed by atoms with E-state index in [-0.39, 0.29) is 0 Å². The van der Waals surface area contributed by atoms with Crippen LogP contribution in [-0.2, 0) is 0 Å². The summed E-state index contributed by atoms with van der Waals surface area (Å²) in [7, 11) is 0. The van der Waals surface area contributed by atoms with E-state index in [1.165, 1.54) is 11.3 Å². The van der Waals surface area contributed by atoms with E-state index in [9.17, 15) is 0 Å². The Labute approximate surface area is 151 Å². The Bertz CT molecular complexity index is 1190. The Morgan fingerprint density at radius 1 is 0.923 bits per heavy atom. The molecule has 8 heteroatoms. The lowest BCUT2D eigenvalue weighted by Crippen LogP contribution is -1.93. The van der Waals surface area contributed by atoms with Crippen molar-refractivity contribution in [3.63, 3.8) is 0 Å². The highest BCUT2D eigenvalue weighted by atomic mass is 32.1. The van der Waals surface area contributed by atoms with E-state index in [1.54, 1.807) is 37.1 Å². The summed E-state index contributed by atoms with van der Waals surface area (Å²) in [4.78, 5) is 17.4. The quantitative estimate of drug-likeness (QED) is 0.483. The van der Waals surface area contributed by atoms with Crippen molar-refractivity contribution in [3.05, 3.63) is 61.4 Å². The average molecular weight is 358 g/mol. The molecule has 0 atom stereocenters. The molecule has 0 bridgehead atoms. The zero-order valence-corrected chi connectivity index (χ0v) is 14.1. The maximum absolute atomic E-state index is 5.59. The van der Waals surface area contributed by atoms with Crippen LogP contribution in [0.3, 0.4) is 0 Å². The molecule has 0 saturated carbocycles. The molecule has 5 rings (SSSR count). The van der Waals surface area contributed by atoms with E-state index in [0.29, 0.717) is 27.8 Å². The molecule has 0 amide bonds. The summed E-state index contributed by atoms with van der Waals surface area (Å²) in [6.07, 6.45) is 8.48. The van der Waals surface area contributed by atoms with Crippen molar-refractivity contribution in [3.8, 4) is 32.8 Å². The predicted molar refractivity (Wildman–Crippen MR) is 97.2 cm³/mol. The first-order chi connectivity index (χ1) is 12.9. The smallest absolute Gasteiger partial charge is 0.182 e. The second kappa shape index (κ2) is 6.08. The van der Waals surface area contributed by atoms with Crippen molar-refractivity contribution >= 4 is 22.3 Å². The Kier molecular flexibility index (Phi) is 3.46. The molecule has 0 radical (unpaired) electrons. The van der Waals surface area contributed by atoms with E-state index in [2.05, 4.69) is 25.1 Å². The monoisotopic (exact) mass is 358 g/mol. The number of hydrogen-bond donors (Lipinski definition) is 0. The Hall–Kier alpha value is -3.52. The number of rotatable bonds is 3. The zero-order chi connectivity index (χ0) is 17.3. The molecule has 0 saturated heterocycles. The van der Waals surface area contributed by atoms with Gasteiger partial charge in [0.25, 0.3) is 0 Å². The van der Waals surface area contributed by atoms with Crippen LogP contribution in [0, 0.1) is 0 Å². The van der Waals surface area contributed by atoms with Gasteiger partial charge in [-0.1, -0.05) is 11.3 Å². The second-order valence-corrected chi connectivity index (χ2v) is 6.40. The number of hydrogen-bond acceptors (Lipinski definition) is 8. The Morgan fingerprint density at radius 2 is 1.81 bits per heavy atom. The van der Waals surface area contributed by atoms with Gasteiger partial charge in [-0.2, -0.15) is 0 Å². The summed E-state index contributed by atoms with van der Waals surface area (Å²) >= 11 is 1.46. The minimum Gasteiger partial charge on any atom is -0.462 e. The second-order valence-electron chi connectivity index (χ2n) is 5.42. The molecule has 0 aliphatic heterocycles. The third-order valence-electron chi connectivity index (χ3n) is 3.77. The van der Waals surface area contributed by atoms with Gasteiger partial charge in [0, 0.05) is 35.7 Å². The SMILES string of the molecule is c1cnc(-c2nc(-c3nnc(-c4cccnc4)s3)cc3ccoc23)nc1. The van der Waals surface area contributed by atoms with Gasteiger partial charge in [0.05, 0.1) is 6.26 Å². The van der Waals surface area contributed by atoms with Crippen LogP contribution in [0.4, 0.5) is 0 Å². The third kappa shape index (κ3) is 2.52. The van der Waals surface area contributed by atoms with Crippen molar-refractivity contribution in [2.75, 3.05) is 0 Å². The Morgan fingerprint density at radius 3 is 2.65 bits per heavy atom. The van der Waals surface area contributed by atoms with Gasteiger partial charge in [0.2, 0.25) is 0 Å². The molecular weight excluding hydrogens is 348 g/mol. The summed E-state index contributed by atoms with van der Waals surface area (Å²) in [6.45, 7) is 0. The first-order valence-electron chi connectivity index (χ1n) is 7.78. The van der Waals surface area contributed by atoms with Crippen LogP contribution in [0.25, 0.3) is 43.8 Å². The molecule has 0 aliphatic carbocycles. The molecule has 5 aromatic heterocycles. The fourth-order valence-electron chi connectivity index (χ4n) is 2.59. The fourth-order valence-corrected chi connectivity index (χ4v) is 3.39. The molecular formula is C18H10N6OS. The summed E-state index contributed by atoms with van der Waals surface area (Å²) in [5.74, 6) is 0.506. The highest BCUT2D eigenvalue weighted by Crippen LogP contribution is 2.33. The van der Waals surface area contributed by atoms with Gasteiger partial charge in [0.1, 0.15) is 10.7 Å². The van der Waals surface area contributed by atoms with E-state index in [1.807, 2.05) is 24.3 Å². The average Bonchev–Trinajstić information content (AvgIpc) is 3.38. The van der Waals surface area contributed by atoms with E-state index in [0.717, 1.165) is 16.0 Å². The summed E-state index contributed by atoms with van der Waals surface area (Å²) in [5, 5.41) is 11.0. The summed E-state index contributed by atoms with van der Waals surface area (Å²) in [5.41, 5.74) is 2.86.